The number of ether oxygens (including phenoxy) is 1. The van der Waals surface area contributed by atoms with Crippen molar-refractivity contribution in [3.63, 3.8) is 0 Å². The lowest BCUT2D eigenvalue weighted by atomic mass is 9.98. The van der Waals surface area contributed by atoms with Crippen molar-refractivity contribution in [2.24, 2.45) is 5.16 Å². The lowest BCUT2D eigenvalue weighted by Gasteiger charge is -2.25. The number of carbonyl (C=O) groups is 2. The molecule has 0 atom stereocenters. The van der Waals surface area contributed by atoms with E-state index in [9.17, 15) is 9.59 Å². The third kappa shape index (κ3) is 6.78. The van der Waals surface area contributed by atoms with Crippen LogP contribution in [0, 0.1) is 0 Å². The van der Waals surface area contributed by atoms with Crippen LogP contribution in [0.25, 0.3) is 0 Å². The van der Waals surface area contributed by atoms with Crippen molar-refractivity contribution in [3.8, 4) is 0 Å². The third-order valence-electron chi connectivity index (χ3n) is 3.13. The van der Waals surface area contributed by atoms with E-state index < -0.39 is 12.2 Å². The Morgan fingerprint density at radius 1 is 1.09 bits per heavy atom. The van der Waals surface area contributed by atoms with Crippen LogP contribution in [-0.2, 0) is 9.57 Å². The quantitative estimate of drug-likeness (QED) is 0.253. The van der Waals surface area contributed by atoms with Gasteiger partial charge in [0.2, 0.25) is 0 Å². The van der Waals surface area contributed by atoms with E-state index in [-0.39, 0.29) is 6.10 Å². The molecule has 2 amide bonds. The smallest absolute Gasteiger partial charge is 0.445 e. The van der Waals surface area contributed by atoms with Crippen LogP contribution >= 0.6 is 23.9 Å². The standard InChI is InChI=1S/C13H23N3O4S2/c1-10(21-4)14-20-13(18)16(3)22-15(2)12(17)19-11-8-6-5-7-9-11/h11H,5-9H2,1-4H3/b14-10-. The maximum absolute atomic E-state index is 12.0. The first-order valence-corrected chi connectivity index (χ1v) is 9.05. The molecule has 0 bridgehead atoms. The maximum Gasteiger partial charge on any atom is 0.447 e. The van der Waals surface area contributed by atoms with Gasteiger partial charge in [0.25, 0.3) is 0 Å². The van der Waals surface area contributed by atoms with Crippen LogP contribution in [0.5, 0.6) is 0 Å². The van der Waals surface area contributed by atoms with Gasteiger partial charge in [-0.2, -0.15) is 0 Å². The summed E-state index contributed by atoms with van der Waals surface area (Å²) in [4.78, 5) is 28.4. The van der Waals surface area contributed by atoms with E-state index in [1.807, 2.05) is 6.26 Å². The molecule has 0 spiro atoms. The minimum Gasteiger partial charge on any atom is -0.445 e. The lowest BCUT2D eigenvalue weighted by Crippen LogP contribution is -2.32. The average molecular weight is 349 g/mol. The van der Waals surface area contributed by atoms with Crippen LogP contribution in [0.15, 0.2) is 5.16 Å². The lowest BCUT2D eigenvalue weighted by molar-refractivity contribution is 0.0651. The molecule has 0 N–H and O–H groups in total. The fourth-order valence-electron chi connectivity index (χ4n) is 1.85. The summed E-state index contributed by atoms with van der Waals surface area (Å²) >= 11 is 2.28. The van der Waals surface area contributed by atoms with Crippen molar-refractivity contribution in [1.82, 2.24) is 8.61 Å². The summed E-state index contributed by atoms with van der Waals surface area (Å²) < 4.78 is 7.85. The van der Waals surface area contributed by atoms with Crippen LogP contribution in [0.2, 0.25) is 0 Å². The Morgan fingerprint density at radius 2 is 1.68 bits per heavy atom. The molecule has 0 unspecified atom stereocenters. The molecule has 0 aliphatic heterocycles. The zero-order chi connectivity index (χ0) is 16.5. The van der Waals surface area contributed by atoms with E-state index in [4.69, 9.17) is 9.57 Å². The summed E-state index contributed by atoms with van der Waals surface area (Å²) in [6.07, 6.45) is 5.90. The monoisotopic (exact) mass is 349 g/mol. The second-order valence-corrected chi connectivity index (χ2v) is 7.15. The molecule has 1 fully saturated rings. The van der Waals surface area contributed by atoms with E-state index in [1.165, 1.54) is 33.8 Å². The predicted molar refractivity (Wildman–Crippen MR) is 89.6 cm³/mol. The van der Waals surface area contributed by atoms with Gasteiger partial charge in [-0.05, 0) is 38.9 Å². The highest BCUT2D eigenvalue weighted by atomic mass is 32.2. The summed E-state index contributed by atoms with van der Waals surface area (Å²) in [5, 5.41) is 4.29. The predicted octanol–water partition coefficient (Wildman–Crippen LogP) is 3.72. The first-order chi connectivity index (χ1) is 10.4. The SMILES string of the molecule is CS/C(C)=N\OC(=O)N(C)SN(C)C(=O)OC1CCCCC1. The normalized spacial score (nSPS) is 16.1. The minimum atomic E-state index is -0.657. The van der Waals surface area contributed by atoms with Gasteiger partial charge in [-0.25, -0.2) is 18.2 Å². The molecule has 0 aromatic carbocycles. The average Bonchev–Trinajstić information content (AvgIpc) is 2.52. The molecule has 0 aromatic heterocycles. The van der Waals surface area contributed by atoms with Crippen molar-refractivity contribution in [2.75, 3.05) is 20.4 Å². The highest BCUT2D eigenvalue weighted by Crippen LogP contribution is 2.22. The Bertz CT molecular complexity index is 414. The fourth-order valence-corrected chi connectivity index (χ4v) is 2.54. The van der Waals surface area contributed by atoms with Crippen LogP contribution in [-0.4, -0.2) is 52.3 Å². The summed E-state index contributed by atoms with van der Waals surface area (Å²) in [7, 11) is 3.05. The number of hydrogen-bond donors (Lipinski definition) is 0. The van der Waals surface area contributed by atoms with E-state index >= 15 is 0 Å². The van der Waals surface area contributed by atoms with Gasteiger partial charge in [0.15, 0.2) is 0 Å². The molecule has 1 rings (SSSR count). The molecule has 1 saturated carbocycles. The number of amides is 2. The summed E-state index contributed by atoms with van der Waals surface area (Å²) in [5.41, 5.74) is 0. The zero-order valence-corrected chi connectivity index (χ0v) is 15.0. The van der Waals surface area contributed by atoms with Gasteiger partial charge in [0.05, 0.1) is 12.1 Å². The third-order valence-corrected chi connectivity index (χ3v) is 4.58. The second kappa shape index (κ2) is 9.83. The van der Waals surface area contributed by atoms with Crippen molar-refractivity contribution in [2.45, 2.75) is 45.1 Å². The summed E-state index contributed by atoms with van der Waals surface area (Å²) in [5.74, 6) is 0. The first-order valence-electron chi connectivity index (χ1n) is 7.09. The Labute approximate surface area is 140 Å². The van der Waals surface area contributed by atoms with Crippen molar-refractivity contribution < 1.29 is 19.2 Å². The van der Waals surface area contributed by atoms with Gasteiger partial charge in [0, 0.05) is 14.1 Å². The van der Waals surface area contributed by atoms with Crippen LogP contribution in [0.3, 0.4) is 0 Å². The number of oxime groups is 1. The highest BCUT2D eigenvalue weighted by Gasteiger charge is 2.23. The van der Waals surface area contributed by atoms with Crippen molar-refractivity contribution in [1.29, 1.82) is 0 Å². The molecule has 0 saturated heterocycles. The number of thioether (sulfide) groups is 1. The fraction of sp³-hybridized carbons (Fsp3) is 0.769. The zero-order valence-electron chi connectivity index (χ0n) is 13.4. The van der Waals surface area contributed by atoms with Crippen LogP contribution in [0.4, 0.5) is 9.59 Å². The van der Waals surface area contributed by atoms with Crippen molar-refractivity contribution >= 4 is 41.1 Å². The molecule has 0 heterocycles. The number of rotatable bonds is 4. The largest absolute Gasteiger partial charge is 0.447 e. The van der Waals surface area contributed by atoms with E-state index in [0.29, 0.717) is 5.04 Å². The number of hydrogen-bond acceptors (Lipinski definition) is 7. The second-order valence-electron chi connectivity index (χ2n) is 4.89. The van der Waals surface area contributed by atoms with Gasteiger partial charge < -0.3 is 4.74 Å². The molecule has 22 heavy (non-hydrogen) atoms. The van der Waals surface area contributed by atoms with Crippen LogP contribution < -0.4 is 0 Å². The summed E-state index contributed by atoms with van der Waals surface area (Å²) in [6.45, 7) is 1.73. The Morgan fingerprint density at radius 3 is 2.27 bits per heavy atom. The summed E-state index contributed by atoms with van der Waals surface area (Å²) in [6, 6.07) is 0. The van der Waals surface area contributed by atoms with E-state index in [0.717, 1.165) is 37.8 Å². The topological polar surface area (TPSA) is 71.4 Å². The molecular weight excluding hydrogens is 326 g/mol. The Hall–Kier alpha value is -1.09. The molecule has 126 valence electrons. The molecule has 7 nitrogen and oxygen atoms in total. The van der Waals surface area contributed by atoms with E-state index in [2.05, 4.69) is 5.16 Å². The number of carbonyl (C=O) groups excluding carboxylic acids is 2. The number of nitrogens with zero attached hydrogens (tertiary/aromatic N) is 3. The Balaban J connectivity index is 2.36. The van der Waals surface area contributed by atoms with Crippen molar-refractivity contribution in [3.05, 3.63) is 0 Å². The van der Waals surface area contributed by atoms with Gasteiger partial charge in [-0.3, -0.25) is 4.84 Å². The molecule has 1 aliphatic rings. The minimum absolute atomic E-state index is 0.0182. The molecular formula is C13H23N3O4S2. The molecule has 1 aliphatic carbocycles. The maximum atomic E-state index is 12.0. The highest BCUT2D eigenvalue weighted by molar-refractivity contribution is 8.13. The first kappa shape index (κ1) is 19.0. The molecule has 9 heteroatoms. The molecule has 0 radical (unpaired) electrons. The van der Waals surface area contributed by atoms with Gasteiger partial charge >= 0.3 is 12.2 Å². The Kier molecular flexibility index (Phi) is 8.47. The van der Waals surface area contributed by atoms with Gasteiger partial charge in [-0.1, -0.05) is 11.6 Å². The van der Waals surface area contributed by atoms with Gasteiger partial charge in [-0.15, -0.1) is 11.8 Å². The van der Waals surface area contributed by atoms with Gasteiger partial charge in [0.1, 0.15) is 11.1 Å². The molecule has 0 aromatic rings. The van der Waals surface area contributed by atoms with Crippen LogP contribution in [0.1, 0.15) is 39.0 Å². The van der Waals surface area contributed by atoms with E-state index in [1.54, 1.807) is 14.0 Å².